The average molecular weight is 394 g/mol. The molecule has 6 heteroatoms. The molecule has 0 aromatic heterocycles. The van der Waals surface area contributed by atoms with Gasteiger partial charge in [-0.1, -0.05) is 25.5 Å². The fraction of sp³-hybridized carbons (Fsp3) is 0.348. The molecule has 0 heterocycles. The van der Waals surface area contributed by atoms with Gasteiger partial charge in [-0.05, 0) is 66.5 Å². The monoisotopic (exact) mass is 394 g/mol. The molecule has 1 fully saturated rings. The summed E-state index contributed by atoms with van der Waals surface area (Å²) in [6.45, 7) is 4.99. The Bertz CT molecular complexity index is 980. The Balaban J connectivity index is 1.65. The molecule has 5 nitrogen and oxygen atoms in total. The lowest BCUT2D eigenvalue weighted by atomic mass is 9.49. The number of non-ortho nitro benzene ring substituents is 1. The maximum absolute atomic E-state index is 13.4. The second-order valence-corrected chi connectivity index (χ2v) is 8.49. The molecule has 0 radical (unpaired) electrons. The number of halogens is 1. The van der Waals surface area contributed by atoms with Crippen LogP contribution in [-0.2, 0) is 0 Å². The second kappa shape index (κ2) is 7.10. The molecule has 29 heavy (non-hydrogen) atoms. The van der Waals surface area contributed by atoms with Gasteiger partial charge in [-0.25, -0.2) is 4.39 Å². The molecule has 5 rings (SSSR count). The van der Waals surface area contributed by atoms with Crippen LogP contribution in [0.5, 0.6) is 0 Å². The van der Waals surface area contributed by atoms with Gasteiger partial charge in [0.25, 0.3) is 11.6 Å². The summed E-state index contributed by atoms with van der Waals surface area (Å²) in [6, 6.07) is 11.5. The third-order valence-corrected chi connectivity index (χ3v) is 6.63. The Kier molecular flexibility index (Phi) is 4.73. The predicted molar refractivity (Wildman–Crippen MR) is 109 cm³/mol. The van der Waals surface area contributed by atoms with Crippen molar-refractivity contribution in [1.29, 1.82) is 0 Å². The minimum atomic E-state index is -0.492. The summed E-state index contributed by atoms with van der Waals surface area (Å²) < 4.78 is 13.4. The molecule has 3 aliphatic rings. The third kappa shape index (κ3) is 3.43. The molecule has 0 spiro atoms. The summed E-state index contributed by atoms with van der Waals surface area (Å²) in [7, 11) is 0. The molecule has 150 valence electrons. The Labute approximate surface area is 169 Å². The quantitative estimate of drug-likeness (QED) is 0.389. The van der Waals surface area contributed by atoms with E-state index in [4.69, 9.17) is 0 Å². The van der Waals surface area contributed by atoms with E-state index in [0.29, 0.717) is 29.6 Å². The van der Waals surface area contributed by atoms with Crippen molar-refractivity contribution < 1.29 is 14.1 Å². The van der Waals surface area contributed by atoms with Crippen molar-refractivity contribution in [2.45, 2.75) is 26.7 Å². The number of hydrogen-bond acceptors (Lipinski definition) is 3. The minimum Gasteiger partial charge on any atom is -0.304 e. The van der Waals surface area contributed by atoms with Gasteiger partial charge >= 0.3 is 0 Å². The molecule has 0 aliphatic heterocycles. The van der Waals surface area contributed by atoms with Crippen molar-refractivity contribution in [3.05, 3.63) is 81.7 Å². The smallest absolute Gasteiger partial charge is 0.269 e. The first kappa shape index (κ1) is 19.3. The fourth-order valence-electron chi connectivity index (χ4n) is 4.62. The van der Waals surface area contributed by atoms with Crippen LogP contribution in [0.4, 0.5) is 15.8 Å². The number of fused-ring (bicyclic) bond motifs is 1. The largest absolute Gasteiger partial charge is 0.304 e. The molecular formula is C23H23FN2O3. The number of nitro groups is 1. The van der Waals surface area contributed by atoms with E-state index in [1.165, 1.54) is 42.0 Å². The van der Waals surface area contributed by atoms with Crippen LogP contribution in [0.1, 0.15) is 37.0 Å². The zero-order chi connectivity index (χ0) is 20.8. The van der Waals surface area contributed by atoms with E-state index >= 15 is 0 Å². The molecule has 2 aromatic carbocycles. The number of nitrogens with zero attached hydrogens (tertiary/aromatic N) is 2. The van der Waals surface area contributed by atoms with Gasteiger partial charge < -0.3 is 4.90 Å². The summed E-state index contributed by atoms with van der Waals surface area (Å²) in [4.78, 5) is 25.3. The highest BCUT2D eigenvalue weighted by Gasteiger charge is 2.51. The zero-order valence-electron chi connectivity index (χ0n) is 16.5. The maximum Gasteiger partial charge on any atom is 0.269 e. The van der Waals surface area contributed by atoms with Crippen LogP contribution in [0, 0.1) is 33.2 Å². The predicted octanol–water partition coefficient (Wildman–Crippen LogP) is 5.37. The van der Waals surface area contributed by atoms with E-state index in [1.54, 1.807) is 17.0 Å². The first-order valence-electron chi connectivity index (χ1n) is 9.78. The summed E-state index contributed by atoms with van der Waals surface area (Å²) in [5.41, 5.74) is 2.37. The van der Waals surface area contributed by atoms with Gasteiger partial charge in [-0.15, -0.1) is 0 Å². The highest BCUT2D eigenvalue weighted by molar-refractivity contribution is 6.06. The Morgan fingerprint density at radius 1 is 1.17 bits per heavy atom. The molecule has 2 aromatic rings. The molecular weight excluding hydrogens is 371 g/mol. The standard InChI is InChI=1S/C23H23FN2O3/c1-23(2)17-6-3-16(21(23)13-17)14-25(19-11-7-18(24)8-12-19)22(27)15-4-9-20(10-5-15)26(28)29/h3-5,7-12,17,21H,6,13-14H2,1-2H3. The van der Waals surface area contributed by atoms with Gasteiger partial charge in [-0.2, -0.15) is 0 Å². The van der Waals surface area contributed by atoms with E-state index in [0.717, 1.165) is 12.8 Å². The highest BCUT2D eigenvalue weighted by atomic mass is 19.1. The molecule has 1 amide bonds. The van der Waals surface area contributed by atoms with E-state index in [1.807, 2.05) is 0 Å². The Morgan fingerprint density at radius 3 is 2.38 bits per heavy atom. The van der Waals surface area contributed by atoms with Crippen LogP contribution < -0.4 is 4.90 Å². The van der Waals surface area contributed by atoms with Crippen molar-refractivity contribution in [2.24, 2.45) is 17.3 Å². The number of amides is 1. The van der Waals surface area contributed by atoms with Crippen LogP contribution in [-0.4, -0.2) is 17.4 Å². The van der Waals surface area contributed by atoms with Crippen LogP contribution in [0.3, 0.4) is 0 Å². The number of rotatable bonds is 5. The first-order chi connectivity index (χ1) is 13.8. The number of hydrogen-bond donors (Lipinski definition) is 0. The molecule has 3 aliphatic carbocycles. The topological polar surface area (TPSA) is 63.5 Å². The van der Waals surface area contributed by atoms with Crippen LogP contribution in [0.25, 0.3) is 0 Å². The lowest BCUT2D eigenvalue weighted by Gasteiger charge is -2.57. The van der Waals surface area contributed by atoms with Crippen molar-refractivity contribution >= 4 is 17.3 Å². The second-order valence-electron chi connectivity index (χ2n) is 8.49. The highest BCUT2D eigenvalue weighted by Crippen LogP contribution is 2.59. The lowest BCUT2D eigenvalue weighted by Crippen LogP contribution is -2.50. The average Bonchev–Trinajstić information content (AvgIpc) is 2.72. The molecule has 0 N–H and O–H groups in total. The molecule has 2 atom stereocenters. The van der Waals surface area contributed by atoms with Crippen molar-refractivity contribution in [3.63, 3.8) is 0 Å². The summed E-state index contributed by atoms with van der Waals surface area (Å²) in [5.74, 6) is 0.512. The minimum absolute atomic E-state index is 0.0628. The summed E-state index contributed by atoms with van der Waals surface area (Å²) in [5, 5.41) is 10.9. The van der Waals surface area contributed by atoms with Crippen LogP contribution in [0.2, 0.25) is 0 Å². The van der Waals surface area contributed by atoms with Gasteiger partial charge in [0.2, 0.25) is 0 Å². The summed E-state index contributed by atoms with van der Waals surface area (Å²) in [6.07, 6.45) is 4.40. The van der Waals surface area contributed by atoms with Crippen LogP contribution >= 0.6 is 0 Å². The maximum atomic E-state index is 13.4. The van der Waals surface area contributed by atoms with E-state index in [2.05, 4.69) is 19.9 Å². The SMILES string of the molecule is CC1(C)C2CC=C(CN(C(=O)c3ccc([N+](=O)[O-])cc3)c3ccc(F)cc3)C1C2. The van der Waals surface area contributed by atoms with E-state index < -0.39 is 4.92 Å². The van der Waals surface area contributed by atoms with Crippen LogP contribution in [0.15, 0.2) is 60.2 Å². The van der Waals surface area contributed by atoms with Gasteiger partial charge in [0, 0.05) is 29.9 Å². The van der Waals surface area contributed by atoms with Crippen molar-refractivity contribution in [3.8, 4) is 0 Å². The number of anilines is 1. The molecule has 2 bridgehead atoms. The lowest BCUT2D eigenvalue weighted by molar-refractivity contribution is -0.384. The normalized spacial score (nSPS) is 21.7. The van der Waals surface area contributed by atoms with Gasteiger partial charge in [0.05, 0.1) is 4.92 Å². The molecule has 2 unspecified atom stereocenters. The van der Waals surface area contributed by atoms with Crippen molar-refractivity contribution in [2.75, 3.05) is 11.4 Å². The Morgan fingerprint density at radius 2 is 1.83 bits per heavy atom. The third-order valence-electron chi connectivity index (χ3n) is 6.63. The Hall–Kier alpha value is -3.02. The van der Waals surface area contributed by atoms with E-state index in [-0.39, 0.29) is 22.8 Å². The number of nitro benzene ring substituents is 1. The number of benzene rings is 2. The fourth-order valence-corrected chi connectivity index (χ4v) is 4.62. The number of carbonyl (C=O) groups is 1. The first-order valence-corrected chi connectivity index (χ1v) is 9.78. The van der Waals surface area contributed by atoms with Crippen molar-refractivity contribution in [1.82, 2.24) is 0 Å². The van der Waals surface area contributed by atoms with Gasteiger partial charge in [-0.3, -0.25) is 14.9 Å². The number of allylic oxidation sites excluding steroid dienone is 1. The number of carbonyl (C=O) groups excluding carboxylic acids is 1. The van der Waals surface area contributed by atoms with E-state index in [9.17, 15) is 19.3 Å². The summed E-state index contributed by atoms with van der Waals surface area (Å²) >= 11 is 0. The molecule has 1 saturated carbocycles. The zero-order valence-corrected chi connectivity index (χ0v) is 16.5. The van der Waals surface area contributed by atoms with Gasteiger partial charge in [0.1, 0.15) is 5.82 Å². The molecule has 0 saturated heterocycles. The van der Waals surface area contributed by atoms with Gasteiger partial charge in [0.15, 0.2) is 0 Å².